The summed E-state index contributed by atoms with van der Waals surface area (Å²) in [5, 5.41) is 2.54. The predicted molar refractivity (Wildman–Crippen MR) is 61.0 cm³/mol. The van der Waals surface area contributed by atoms with E-state index in [1.54, 1.807) is 6.92 Å². The first-order valence-electron chi connectivity index (χ1n) is 5.69. The fraction of sp³-hybridized carbons (Fsp3) is 0.800. The Bertz CT molecular complexity index is 445. The zero-order chi connectivity index (χ0) is 12.6. The number of nitrogens with one attached hydrogen (secondary N) is 1. The van der Waals surface area contributed by atoms with Crippen LogP contribution in [0, 0.1) is 0 Å². The SMILES string of the molecule is CC1NC(=O)CN(C2CCCS(=O)(=O)C2)C1=O. The molecule has 0 aromatic heterocycles. The zero-order valence-electron chi connectivity index (χ0n) is 9.68. The highest BCUT2D eigenvalue weighted by molar-refractivity contribution is 7.91. The molecule has 0 spiro atoms. The molecule has 6 nitrogen and oxygen atoms in total. The number of hydrogen-bond acceptors (Lipinski definition) is 4. The fourth-order valence-corrected chi connectivity index (χ4v) is 4.09. The van der Waals surface area contributed by atoms with Gasteiger partial charge in [-0.1, -0.05) is 0 Å². The summed E-state index contributed by atoms with van der Waals surface area (Å²) in [6.45, 7) is 1.59. The fourth-order valence-electron chi connectivity index (χ4n) is 2.38. The molecule has 2 fully saturated rings. The summed E-state index contributed by atoms with van der Waals surface area (Å²) in [7, 11) is -3.07. The van der Waals surface area contributed by atoms with Crippen molar-refractivity contribution >= 4 is 21.7 Å². The molecule has 2 heterocycles. The number of carbonyl (C=O) groups excluding carboxylic acids is 2. The second kappa shape index (κ2) is 4.29. The van der Waals surface area contributed by atoms with Crippen molar-refractivity contribution in [2.24, 2.45) is 0 Å². The van der Waals surface area contributed by atoms with Gasteiger partial charge in [0.2, 0.25) is 11.8 Å². The highest BCUT2D eigenvalue weighted by Gasteiger charge is 2.37. The number of piperazine rings is 1. The Hall–Kier alpha value is -1.11. The molecular weight excluding hydrogens is 244 g/mol. The van der Waals surface area contributed by atoms with Crippen LogP contribution in [-0.2, 0) is 19.4 Å². The Morgan fingerprint density at radius 3 is 2.71 bits per heavy atom. The van der Waals surface area contributed by atoms with Crippen LogP contribution in [0.15, 0.2) is 0 Å². The molecule has 2 rings (SSSR count). The van der Waals surface area contributed by atoms with E-state index in [1.807, 2.05) is 0 Å². The molecule has 0 aliphatic carbocycles. The van der Waals surface area contributed by atoms with Crippen molar-refractivity contribution < 1.29 is 18.0 Å². The second-order valence-electron chi connectivity index (χ2n) is 4.67. The smallest absolute Gasteiger partial charge is 0.245 e. The number of amides is 2. The first kappa shape index (κ1) is 12.3. The molecule has 0 aromatic carbocycles. The maximum atomic E-state index is 11.9. The van der Waals surface area contributed by atoms with Crippen molar-refractivity contribution in [3.05, 3.63) is 0 Å². The third kappa shape index (κ3) is 2.59. The number of nitrogens with zero attached hydrogens (tertiary/aromatic N) is 1. The first-order valence-corrected chi connectivity index (χ1v) is 7.51. The molecule has 7 heteroatoms. The van der Waals surface area contributed by atoms with Gasteiger partial charge in [-0.3, -0.25) is 9.59 Å². The van der Waals surface area contributed by atoms with E-state index >= 15 is 0 Å². The highest BCUT2D eigenvalue weighted by atomic mass is 32.2. The molecule has 0 radical (unpaired) electrons. The summed E-state index contributed by atoms with van der Waals surface area (Å²) in [4.78, 5) is 24.7. The summed E-state index contributed by atoms with van der Waals surface area (Å²) < 4.78 is 23.1. The van der Waals surface area contributed by atoms with Gasteiger partial charge >= 0.3 is 0 Å². The van der Waals surface area contributed by atoms with Crippen molar-refractivity contribution in [1.29, 1.82) is 0 Å². The lowest BCUT2D eigenvalue weighted by Crippen LogP contribution is -2.61. The van der Waals surface area contributed by atoms with Gasteiger partial charge in [0, 0.05) is 6.04 Å². The van der Waals surface area contributed by atoms with Crippen LogP contribution in [0.2, 0.25) is 0 Å². The van der Waals surface area contributed by atoms with Crippen LogP contribution in [0.4, 0.5) is 0 Å². The molecule has 2 saturated heterocycles. The highest BCUT2D eigenvalue weighted by Crippen LogP contribution is 2.19. The van der Waals surface area contributed by atoms with E-state index < -0.39 is 15.9 Å². The average Bonchev–Trinajstić information content (AvgIpc) is 2.22. The van der Waals surface area contributed by atoms with Gasteiger partial charge in [0.1, 0.15) is 6.04 Å². The minimum absolute atomic E-state index is 0.0151. The van der Waals surface area contributed by atoms with Crippen LogP contribution < -0.4 is 5.32 Å². The molecule has 0 aromatic rings. The number of hydrogen-bond donors (Lipinski definition) is 1. The van der Waals surface area contributed by atoms with E-state index in [0.717, 1.165) is 0 Å². The monoisotopic (exact) mass is 260 g/mol. The minimum atomic E-state index is -3.07. The summed E-state index contributed by atoms with van der Waals surface area (Å²) in [5.41, 5.74) is 0. The lowest BCUT2D eigenvalue weighted by atomic mass is 10.1. The Morgan fingerprint density at radius 2 is 2.06 bits per heavy atom. The molecule has 2 amide bonds. The Balaban J connectivity index is 2.15. The van der Waals surface area contributed by atoms with E-state index in [1.165, 1.54) is 4.90 Å². The molecule has 2 atom stereocenters. The Kier molecular flexibility index (Phi) is 3.11. The van der Waals surface area contributed by atoms with Gasteiger partial charge < -0.3 is 10.2 Å². The van der Waals surface area contributed by atoms with Crippen molar-refractivity contribution in [1.82, 2.24) is 10.2 Å². The van der Waals surface area contributed by atoms with Gasteiger partial charge in [-0.05, 0) is 19.8 Å². The molecule has 96 valence electrons. The van der Waals surface area contributed by atoms with E-state index in [4.69, 9.17) is 0 Å². The summed E-state index contributed by atoms with van der Waals surface area (Å²) in [6, 6.07) is -0.893. The second-order valence-corrected chi connectivity index (χ2v) is 6.89. The van der Waals surface area contributed by atoms with E-state index in [9.17, 15) is 18.0 Å². The van der Waals surface area contributed by atoms with Gasteiger partial charge in [0.25, 0.3) is 0 Å². The Morgan fingerprint density at radius 1 is 1.35 bits per heavy atom. The van der Waals surface area contributed by atoms with Crippen LogP contribution in [-0.4, -0.2) is 55.3 Å². The van der Waals surface area contributed by atoms with Crippen LogP contribution in [0.1, 0.15) is 19.8 Å². The maximum absolute atomic E-state index is 11.9. The molecule has 2 aliphatic rings. The Labute approximate surface area is 100 Å². The third-order valence-electron chi connectivity index (χ3n) is 3.22. The average molecular weight is 260 g/mol. The van der Waals surface area contributed by atoms with E-state index in [2.05, 4.69) is 5.32 Å². The molecule has 17 heavy (non-hydrogen) atoms. The maximum Gasteiger partial charge on any atom is 0.245 e. The van der Waals surface area contributed by atoms with Crippen molar-refractivity contribution in [3.63, 3.8) is 0 Å². The van der Waals surface area contributed by atoms with Gasteiger partial charge in [0.05, 0.1) is 18.1 Å². The topological polar surface area (TPSA) is 83.6 Å². The van der Waals surface area contributed by atoms with Gasteiger partial charge in [0.15, 0.2) is 9.84 Å². The van der Waals surface area contributed by atoms with Gasteiger partial charge in [-0.2, -0.15) is 0 Å². The standard InChI is InChI=1S/C10H16N2O4S/c1-7-10(14)12(5-9(13)11-7)8-3-2-4-17(15,16)6-8/h7-8H,2-6H2,1H3,(H,11,13). The van der Waals surface area contributed by atoms with Crippen molar-refractivity contribution in [2.45, 2.75) is 31.8 Å². The van der Waals surface area contributed by atoms with E-state index in [0.29, 0.717) is 12.8 Å². The molecular formula is C10H16N2O4S. The largest absolute Gasteiger partial charge is 0.343 e. The summed E-state index contributed by atoms with van der Waals surface area (Å²) in [5.74, 6) is -0.238. The normalized spacial score (nSPS) is 33.4. The minimum Gasteiger partial charge on any atom is -0.343 e. The molecule has 2 unspecified atom stereocenters. The first-order chi connectivity index (χ1) is 7.89. The van der Waals surface area contributed by atoms with Gasteiger partial charge in [-0.15, -0.1) is 0 Å². The summed E-state index contributed by atoms with van der Waals surface area (Å²) in [6.07, 6.45) is 1.22. The predicted octanol–water partition coefficient (Wildman–Crippen LogP) is -1.09. The number of sulfone groups is 1. The van der Waals surface area contributed by atoms with Crippen molar-refractivity contribution in [3.8, 4) is 0 Å². The molecule has 0 bridgehead atoms. The van der Waals surface area contributed by atoms with Crippen molar-refractivity contribution in [2.75, 3.05) is 18.1 Å². The lowest BCUT2D eigenvalue weighted by molar-refractivity contribution is -0.145. The van der Waals surface area contributed by atoms with Crippen LogP contribution in [0.3, 0.4) is 0 Å². The van der Waals surface area contributed by atoms with Crippen LogP contribution in [0.25, 0.3) is 0 Å². The van der Waals surface area contributed by atoms with E-state index in [-0.39, 0.29) is 35.9 Å². The molecule has 1 N–H and O–H groups in total. The molecule has 2 aliphatic heterocycles. The number of rotatable bonds is 1. The van der Waals surface area contributed by atoms with Gasteiger partial charge in [-0.25, -0.2) is 8.42 Å². The summed E-state index contributed by atoms with van der Waals surface area (Å²) >= 11 is 0. The van der Waals surface area contributed by atoms with Crippen LogP contribution in [0.5, 0.6) is 0 Å². The zero-order valence-corrected chi connectivity index (χ0v) is 10.5. The van der Waals surface area contributed by atoms with Crippen LogP contribution >= 0.6 is 0 Å². The quantitative estimate of drug-likeness (QED) is 0.649. The third-order valence-corrected chi connectivity index (χ3v) is 5.03. The lowest BCUT2D eigenvalue weighted by Gasteiger charge is -2.38. The molecule has 0 saturated carbocycles. The number of carbonyl (C=O) groups is 2.